The fourth-order valence-corrected chi connectivity index (χ4v) is 3.39. The zero-order chi connectivity index (χ0) is 24.5. The largest absolute Gasteiger partial charge is 0.409 e. The van der Waals surface area contributed by atoms with E-state index in [1.165, 1.54) is 0 Å². The summed E-state index contributed by atoms with van der Waals surface area (Å²) in [5.74, 6) is -7.81. The summed E-state index contributed by atoms with van der Waals surface area (Å²) in [4.78, 5) is 0. The number of allylic oxidation sites excluding steroid dienone is 1. The molecule has 0 saturated carbocycles. The fraction of sp³-hybridized carbons (Fsp3) is 0.167. The van der Waals surface area contributed by atoms with Gasteiger partial charge in [-0.25, -0.2) is 26.3 Å². The average Bonchev–Trinajstić information content (AvgIpc) is 2.65. The number of hydrogen-bond acceptors (Lipinski definition) is 0. The van der Waals surface area contributed by atoms with Crippen LogP contribution in [0.25, 0.3) is 28.3 Å². The van der Waals surface area contributed by atoms with Gasteiger partial charge in [0.1, 0.15) is 34.9 Å². The first kappa shape index (κ1) is 24.4. The quantitative estimate of drug-likeness (QED) is 0.326. The number of halogens is 9. The summed E-state index contributed by atoms with van der Waals surface area (Å²) in [6.45, 7) is 1.80. The lowest BCUT2D eigenvalue weighted by molar-refractivity contribution is -0.0790. The third-order valence-electron chi connectivity index (χ3n) is 4.78. The topological polar surface area (TPSA) is 0 Å². The van der Waals surface area contributed by atoms with Crippen LogP contribution in [-0.2, 0) is 6.42 Å². The molecule has 0 aliphatic rings. The van der Waals surface area contributed by atoms with Gasteiger partial charge in [0.15, 0.2) is 0 Å². The minimum Gasteiger partial charge on any atom is -0.206 e. The van der Waals surface area contributed by atoms with Gasteiger partial charge in [0.05, 0.1) is 11.1 Å². The Morgan fingerprint density at radius 1 is 0.636 bits per heavy atom. The van der Waals surface area contributed by atoms with Crippen molar-refractivity contribution in [3.63, 3.8) is 0 Å². The second-order valence-electron chi connectivity index (χ2n) is 7.23. The molecule has 0 nitrogen and oxygen atoms in total. The zero-order valence-electron chi connectivity index (χ0n) is 16.9. The lowest BCUT2D eigenvalue weighted by atomic mass is 9.96. The molecule has 0 atom stereocenters. The van der Waals surface area contributed by atoms with Crippen LogP contribution in [0.3, 0.4) is 0 Å². The highest BCUT2D eigenvalue weighted by Gasteiger charge is 2.24. The van der Waals surface area contributed by atoms with E-state index in [1.54, 1.807) is 6.92 Å². The molecule has 0 N–H and O–H groups in total. The molecule has 0 bridgehead atoms. The summed E-state index contributed by atoms with van der Waals surface area (Å²) >= 11 is 0. The lowest BCUT2D eigenvalue weighted by Gasteiger charge is -2.12. The van der Waals surface area contributed by atoms with Crippen LogP contribution >= 0.6 is 0 Å². The molecule has 0 aromatic heterocycles. The van der Waals surface area contributed by atoms with Crippen LogP contribution in [0.15, 0.2) is 42.5 Å². The summed E-state index contributed by atoms with van der Waals surface area (Å²) in [7, 11) is 0. The Hall–Kier alpha value is -3.23. The monoisotopic (exact) mass is 474 g/mol. The molecule has 0 saturated heterocycles. The second kappa shape index (κ2) is 9.33. The Balaban J connectivity index is 2.07. The van der Waals surface area contributed by atoms with Gasteiger partial charge in [-0.3, -0.25) is 0 Å². The zero-order valence-corrected chi connectivity index (χ0v) is 16.9. The van der Waals surface area contributed by atoms with Crippen molar-refractivity contribution in [2.24, 2.45) is 0 Å². The smallest absolute Gasteiger partial charge is 0.206 e. The highest BCUT2D eigenvalue weighted by atomic mass is 19.4. The first-order valence-electron chi connectivity index (χ1n) is 9.64. The molecule has 0 radical (unpaired) electrons. The van der Waals surface area contributed by atoms with Gasteiger partial charge in [0, 0.05) is 11.6 Å². The van der Waals surface area contributed by atoms with Gasteiger partial charge >= 0.3 is 6.18 Å². The minimum absolute atomic E-state index is 0.151. The highest BCUT2D eigenvalue weighted by Crippen LogP contribution is 2.35. The Morgan fingerprint density at radius 2 is 1.03 bits per heavy atom. The maximum Gasteiger partial charge on any atom is 0.409 e. The van der Waals surface area contributed by atoms with Crippen LogP contribution in [0, 0.1) is 34.9 Å². The van der Waals surface area contributed by atoms with Crippen molar-refractivity contribution in [2.75, 3.05) is 0 Å². The molecule has 0 spiro atoms. The van der Waals surface area contributed by atoms with Gasteiger partial charge in [-0.15, -0.1) is 0 Å². The first-order chi connectivity index (χ1) is 15.4. The second-order valence-corrected chi connectivity index (χ2v) is 7.23. The van der Waals surface area contributed by atoms with Gasteiger partial charge in [0.25, 0.3) is 0 Å². The lowest BCUT2D eigenvalue weighted by Crippen LogP contribution is -2.02. The molecule has 33 heavy (non-hydrogen) atoms. The summed E-state index contributed by atoms with van der Waals surface area (Å²) in [5.41, 5.74) is -3.40. The molecule has 0 aliphatic carbocycles. The van der Waals surface area contributed by atoms with Crippen molar-refractivity contribution < 1.29 is 39.5 Å². The molecule has 9 heteroatoms. The van der Waals surface area contributed by atoms with E-state index in [1.807, 2.05) is 0 Å². The maximum absolute atomic E-state index is 14.7. The van der Waals surface area contributed by atoms with E-state index in [9.17, 15) is 39.5 Å². The third kappa shape index (κ3) is 5.40. The Bertz CT molecular complexity index is 1150. The third-order valence-corrected chi connectivity index (χ3v) is 4.78. The fourth-order valence-electron chi connectivity index (χ4n) is 3.39. The normalized spacial score (nSPS) is 12.1. The molecule has 0 amide bonds. The highest BCUT2D eigenvalue weighted by molar-refractivity contribution is 5.73. The maximum atomic E-state index is 14.7. The van der Waals surface area contributed by atoms with Crippen molar-refractivity contribution in [3.05, 3.63) is 88.5 Å². The molecule has 3 aromatic carbocycles. The number of aryl methyl sites for hydroxylation is 1. The number of benzene rings is 3. The Kier molecular flexibility index (Phi) is 6.90. The summed E-state index contributed by atoms with van der Waals surface area (Å²) in [5, 5.41) is 0. The molecule has 0 unspecified atom stereocenters. The van der Waals surface area contributed by atoms with E-state index in [-0.39, 0.29) is 12.2 Å². The van der Waals surface area contributed by atoms with E-state index >= 15 is 0 Å². The van der Waals surface area contributed by atoms with Crippen LogP contribution in [0.5, 0.6) is 0 Å². The molecule has 3 rings (SSSR count). The van der Waals surface area contributed by atoms with Gasteiger partial charge in [-0.1, -0.05) is 13.3 Å². The SMILES string of the molecule is CCCc1cc(F)c(-c2cc(F)c(-c3cc(F)c(/C=C/C(F)(F)F)c(F)c3)c(F)c2)c(F)c1. The molecule has 0 heterocycles. The van der Waals surface area contributed by atoms with Gasteiger partial charge in [-0.05, 0) is 65.6 Å². The minimum atomic E-state index is -4.83. The van der Waals surface area contributed by atoms with Gasteiger partial charge < -0.3 is 0 Å². The van der Waals surface area contributed by atoms with E-state index in [0.29, 0.717) is 42.7 Å². The summed E-state index contributed by atoms with van der Waals surface area (Å²) in [6.07, 6.45) is -4.06. The Morgan fingerprint density at radius 3 is 1.42 bits per heavy atom. The van der Waals surface area contributed by atoms with Crippen molar-refractivity contribution >= 4 is 6.08 Å². The Labute approximate surface area is 183 Å². The van der Waals surface area contributed by atoms with Crippen molar-refractivity contribution in [2.45, 2.75) is 25.9 Å². The van der Waals surface area contributed by atoms with Crippen molar-refractivity contribution in [3.8, 4) is 22.3 Å². The number of hydrogen-bond donors (Lipinski definition) is 0. The van der Waals surface area contributed by atoms with Crippen molar-refractivity contribution in [1.29, 1.82) is 0 Å². The molecular weight excluding hydrogens is 459 g/mol. The molecule has 3 aromatic rings. The molecule has 174 valence electrons. The average molecular weight is 474 g/mol. The van der Waals surface area contributed by atoms with E-state index in [2.05, 4.69) is 0 Å². The molecular formula is C24H15F9. The number of alkyl halides is 3. The van der Waals surface area contributed by atoms with Crippen LogP contribution in [0.4, 0.5) is 39.5 Å². The van der Waals surface area contributed by atoms with Crippen LogP contribution in [0.2, 0.25) is 0 Å². The predicted molar refractivity (Wildman–Crippen MR) is 106 cm³/mol. The van der Waals surface area contributed by atoms with Crippen molar-refractivity contribution in [1.82, 2.24) is 0 Å². The summed E-state index contributed by atoms with van der Waals surface area (Å²) < 4.78 is 123. The van der Waals surface area contributed by atoms with Gasteiger partial charge in [-0.2, -0.15) is 13.2 Å². The predicted octanol–water partition coefficient (Wildman–Crippen LogP) is 8.38. The summed E-state index contributed by atoms with van der Waals surface area (Å²) in [6, 6.07) is 4.22. The van der Waals surface area contributed by atoms with Crippen LogP contribution < -0.4 is 0 Å². The van der Waals surface area contributed by atoms with E-state index in [0.717, 1.165) is 12.1 Å². The van der Waals surface area contributed by atoms with E-state index in [4.69, 9.17) is 0 Å². The standard InChI is InChI=1S/C24H15F9/c1-2-3-12-6-18(27)22(19(28)7-12)14-10-20(29)23(21(30)11-14)13-8-16(25)15(17(26)9-13)4-5-24(31,32)33/h4-11H,2-3H2,1H3/b5-4+. The van der Waals surface area contributed by atoms with Crippen LogP contribution in [-0.4, -0.2) is 6.18 Å². The van der Waals surface area contributed by atoms with Gasteiger partial charge in [0.2, 0.25) is 0 Å². The number of rotatable bonds is 5. The van der Waals surface area contributed by atoms with E-state index < -0.39 is 68.9 Å². The first-order valence-corrected chi connectivity index (χ1v) is 9.64. The molecule has 0 fully saturated rings. The van der Waals surface area contributed by atoms with Crippen LogP contribution in [0.1, 0.15) is 24.5 Å². The molecule has 0 aliphatic heterocycles.